The number of rotatable bonds is 10. The van der Waals surface area contributed by atoms with Gasteiger partial charge in [-0.05, 0) is 68.1 Å². The number of benzene rings is 1. The number of aromatic nitrogens is 1. The molecule has 0 saturated carbocycles. The Morgan fingerprint density at radius 2 is 1.61 bits per heavy atom. The molecule has 13 heteroatoms. The lowest BCUT2D eigenvalue weighted by molar-refractivity contribution is -0.143. The Bertz CT molecular complexity index is 1160. The molecule has 1 aromatic carbocycles. The lowest BCUT2D eigenvalue weighted by atomic mass is 9.72. The number of nitrogens with one attached hydrogen (secondary N) is 2. The van der Waals surface area contributed by atoms with Gasteiger partial charge in [0.1, 0.15) is 0 Å². The van der Waals surface area contributed by atoms with Crippen LogP contribution in [0.1, 0.15) is 60.2 Å². The number of alkyl halides is 6. The van der Waals surface area contributed by atoms with Crippen LogP contribution < -0.4 is 15.4 Å². The van der Waals surface area contributed by atoms with Crippen molar-refractivity contribution >= 4 is 11.8 Å². The van der Waals surface area contributed by atoms with Crippen LogP contribution in [0.5, 0.6) is 5.88 Å². The number of pyridine rings is 1. The minimum Gasteiger partial charge on any atom is -0.481 e. The van der Waals surface area contributed by atoms with E-state index in [0.717, 1.165) is 0 Å². The topological polar surface area (TPSA) is 83.6 Å². The molecular formula is C28H34F6N4O3. The molecule has 0 bridgehead atoms. The molecule has 1 aliphatic heterocycles. The van der Waals surface area contributed by atoms with Gasteiger partial charge >= 0.3 is 12.4 Å². The normalized spacial score (nSPS) is 16.0. The maximum Gasteiger partial charge on any atom is 0.416 e. The van der Waals surface area contributed by atoms with E-state index in [4.69, 9.17) is 4.74 Å². The number of halogens is 6. The molecule has 7 nitrogen and oxygen atoms in total. The molecule has 3 rings (SSSR count). The molecule has 0 atom stereocenters. The minimum atomic E-state index is -4.96. The molecule has 1 saturated heterocycles. The van der Waals surface area contributed by atoms with Gasteiger partial charge in [0.2, 0.25) is 11.8 Å². The van der Waals surface area contributed by atoms with E-state index >= 15 is 0 Å². The summed E-state index contributed by atoms with van der Waals surface area (Å²) >= 11 is 0. The molecular weight excluding hydrogens is 554 g/mol. The molecule has 1 aromatic heterocycles. The van der Waals surface area contributed by atoms with E-state index in [1.54, 1.807) is 12.1 Å². The number of likely N-dealkylation sites (tertiary alicyclic amines) is 1. The zero-order valence-electron chi connectivity index (χ0n) is 23.1. The van der Waals surface area contributed by atoms with Crippen molar-refractivity contribution in [3.63, 3.8) is 0 Å². The van der Waals surface area contributed by atoms with Gasteiger partial charge in [-0.2, -0.15) is 26.3 Å². The van der Waals surface area contributed by atoms with E-state index in [0.29, 0.717) is 69.0 Å². The first kappa shape index (κ1) is 32.2. The van der Waals surface area contributed by atoms with Crippen LogP contribution in [-0.2, 0) is 23.7 Å². The number of amides is 2. The van der Waals surface area contributed by atoms with Gasteiger partial charge in [-0.15, -0.1) is 0 Å². The Balaban J connectivity index is 1.60. The average Bonchev–Trinajstić information content (AvgIpc) is 2.91. The number of nitrogens with zero attached hydrogens (tertiary/aromatic N) is 2. The zero-order valence-corrected chi connectivity index (χ0v) is 23.1. The maximum absolute atomic E-state index is 13.4. The summed E-state index contributed by atoms with van der Waals surface area (Å²) in [5.41, 5.74) is -3.54. The lowest BCUT2D eigenvalue weighted by Gasteiger charge is -2.41. The molecule has 1 aliphatic rings. The molecule has 0 unspecified atom stereocenters. The highest BCUT2D eigenvalue weighted by atomic mass is 19.4. The van der Waals surface area contributed by atoms with Crippen LogP contribution in [0, 0.1) is 11.3 Å². The highest BCUT2D eigenvalue weighted by molar-refractivity contribution is 5.93. The minimum absolute atomic E-state index is 0.0671. The maximum atomic E-state index is 13.4. The summed E-state index contributed by atoms with van der Waals surface area (Å²) in [6.45, 7) is 5.44. The van der Waals surface area contributed by atoms with Crippen molar-refractivity contribution in [1.82, 2.24) is 20.5 Å². The van der Waals surface area contributed by atoms with Gasteiger partial charge in [0.05, 0.1) is 29.2 Å². The van der Waals surface area contributed by atoms with Gasteiger partial charge in [-0.25, -0.2) is 4.98 Å². The van der Waals surface area contributed by atoms with Crippen LogP contribution in [-0.4, -0.2) is 55.0 Å². The Morgan fingerprint density at radius 1 is 1.00 bits per heavy atom. The Hall–Kier alpha value is -3.35. The van der Waals surface area contributed by atoms with Gasteiger partial charge < -0.3 is 20.3 Å². The summed E-state index contributed by atoms with van der Waals surface area (Å²) in [4.78, 5) is 31.8. The monoisotopic (exact) mass is 588 g/mol. The van der Waals surface area contributed by atoms with E-state index in [1.165, 1.54) is 13.3 Å². The number of methoxy groups -OCH3 is 1. The highest BCUT2D eigenvalue weighted by Gasteiger charge is 2.42. The second-order valence-corrected chi connectivity index (χ2v) is 10.7. The molecule has 2 aromatic rings. The van der Waals surface area contributed by atoms with Crippen molar-refractivity contribution in [3.8, 4) is 5.88 Å². The SMILES string of the molecule is COc1ccc(C(=O)NCCN2CCC(CC(C)C)(C(=O)NCc3cc(C(F)(F)F)cc(C(F)(F)F)c3)CC2)cn1. The summed E-state index contributed by atoms with van der Waals surface area (Å²) < 4.78 is 84.3. The van der Waals surface area contributed by atoms with Crippen molar-refractivity contribution in [2.24, 2.45) is 11.3 Å². The van der Waals surface area contributed by atoms with Crippen molar-refractivity contribution in [2.75, 3.05) is 33.3 Å². The number of carbonyl (C=O) groups is 2. The summed E-state index contributed by atoms with van der Waals surface area (Å²) in [7, 11) is 1.48. The average molecular weight is 589 g/mol. The van der Waals surface area contributed by atoms with E-state index < -0.39 is 41.3 Å². The van der Waals surface area contributed by atoms with E-state index in [9.17, 15) is 35.9 Å². The molecule has 0 aliphatic carbocycles. The fraction of sp³-hybridized carbons (Fsp3) is 0.536. The summed E-state index contributed by atoms with van der Waals surface area (Å²) in [5.74, 6) is -0.147. The van der Waals surface area contributed by atoms with Gasteiger partial charge in [-0.3, -0.25) is 9.59 Å². The predicted octanol–water partition coefficient (Wildman–Crippen LogP) is 5.30. The van der Waals surface area contributed by atoms with Crippen molar-refractivity contribution < 1.29 is 40.7 Å². The summed E-state index contributed by atoms with van der Waals surface area (Å²) in [6.07, 6.45) is -7.07. The van der Waals surface area contributed by atoms with Crippen LogP contribution in [0.3, 0.4) is 0 Å². The van der Waals surface area contributed by atoms with Gasteiger partial charge in [-0.1, -0.05) is 13.8 Å². The third kappa shape index (κ3) is 8.82. The van der Waals surface area contributed by atoms with Crippen molar-refractivity contribution in [2.45, 2.75) is 52.0 Å². The third-order valence-corrected chi connectivity index (χ3v) is 7.12. The van der Waals surface area contributed by atoms with Crippen LogP contribution in [0.2, 0.25) is 0 Å². The second kappa shape index (κ2) is 13.1. The number of hydrogen-bond donors (Lipinski definition) is 2. The van der Waals surface area contributed by atoms with E-state index in [1.807, 2.05) is 13.8 Å². The van der Waals surface area contributed by atoms with Crippen LogP contribution in [0.25, 0.3) is 0 Å². The molecule has 2 heterocycles. The fourth-order valence-corrected chi connectivity index (χ4v) is 5.07. The van der Waals surface area contributed by atoms with Crippen LogP contribution in [0.15, 0.2) is 36.5 Å². The highest BCUT2D eigenvalue weighted by Crippen LogP contribution is 2.39. The number of hydrogen-bond acceptors (Lipinski definition) is 5. The molecule has 226 valence electrons. The Kier molecular flexibility index (Phi) is 10.3. The van der Waals surface area contributed by atoms with Crippen molar-refractivity contribution in [1.29, 1.82) is 0 Å². The van der Waals surface area contributed by atoms with Crippen molar-refractivity contribution in [3.05, 3.63) is 58.8 Å². The fourth-order valence-electron chi connectivity index (χ4n) is 5.07. The first-order chi connectivity index (χ1) is 19.1. The van der Waals surface area contributed by atoms with Gasteiger partial charge in [0.25, 0.3) is 5.91 Å². The second-order valence-electron chi connectivity index (χ2n) is 10.7. The molecule has 41 heavy (non-hydrogen) atoms. The van der Waals surface area contributed by atoms with Crippen LogP contribution >= 0.6 is 0 Å². The van der Waals surface area contributed by atoms with Crippen LogP contribution in [0.4, 0.5) is 26.3 Å². The Morgan fingerprint density at radius 3 is 2.10 bits per heavy atom. The Labute approximate surface area is 234 Å². The predicted molar refractivity (Wildman–Crippen MR) is 139 cm³/mol. The van der Waals surface area contributed by atoms with Gasteiger partial charge in [0.15, 0.2) is 0 Å². The molecule has 2 N–H and O–H groups in total. The largest absolute Gasteiger partial charge is 0.481 e. The standard InChI is InChI=1S/C28H34F6N4O3/c1-18(2)15-26(25(40)37-16-19-12-21(27(29,30)31)14-22(13-19)28(32,33)34)6-9-38(10-7-26)11-8-35-24(39)20-4-5-23(41-3)36-17-20/h4-5,12-14,17-18H,6-11,15-16H2,1-3H3,(H,35,39)(H,37,40). The number of ether oxygens (including phenoxy) is 1. The smallest absolute Gasteiger partial charge is 0.416 e. The first-order valence-corrected chi connectivity index (χ1v) is 13.2. The third-order valence-electron chi connectivity index (χ3n) is 7.12. The zero-order chi connectivity index (χ0) is 30.4. The van der Waals surface area contributed by atoms with E-state index in [-0.39, 0.29) is 23.5 Å². The summed E-state index contributed by atoms with van der Waals surface area (Å²) in [5, 5.41) is 5.43. The quantitative estimate of drug-likeness (QED) is 0.368. The first-order valence-electron chi connectivity index (χ1n) is 13.2. The lowest BCUT2D eigenvalue weighted by Crippen LogP contribution is -2.50. The number of carbonyl (C=O) groups excluding carboxylic acids is 2. The molecule has 0 spiro atoms. The molecule has 1 fully saturated rings. The summed E-state index contributed by atoms with van der Waals surface area (Å²) in [6, 6.07) is 4.51. The molecule has 2 amide bonds. The molecule has 0 radical (unpaired) electrons. The van der Waals surface area contributed by atoms with E-state index in [2.05, 4.69) is 20.5 Å². The van der Waals surface area contributed by atoms with Gasteiger partial charge in [0, 0.05) is 31.9 Å². The number of piperidine rings is 1.